The summed E-state index contributed by atoms with van der Waals surface area (Å²) in [5.74, 6) is 0.106. The Labute approximate surface area is 147 Å². The Balaban J connectivity index is 2.15. The minimum absolute atomic E-state index is 0.00447. The van der Waals surface area contributed by atoms with Crippen LogP contribution in [-0.4, -0.2) is 47.9 Å². The highest BCUT2D eigenvalue weighted by molar-refractivity contribution is 7.92. The maximum atomic E-state index is 12.8. The molecule has 1 N–H and O–H groups in total. The van der Waals surface area contributed by atoms with Crippen molar-refractivity contribution in [2.45, 2.75) is 11.3 Å². The monoisotopic (exact) mass is 394 g/mol. The van der Waals surface area contributed by atoms with E-state index in [0.717, 1.165) is 5.41 Å². The van der Waals surface area contributed by atoms with Crippen LogP contribution in [0, 0.1) is 5.92 Å². The van der Waals surface area contributed by atoms with Gasteiger partial charge in [0.25, 0.3) is 0 Å². The van der Waals surface area contributed by atoms with Crippen molar-refractivity contribution in [1.82, 2.24) is 9.03 Å². The Hall–Kier alpha value is -1.13. The van der Waals surface area contributed by atoms with Gasteiger partial charge in [0.15, 0.2) is 0 Å². The predicted octanol–water partition coefficient (Wildman–Crippen LogP) is 1.42. The first kappa shape index (κ1) is 19.2. The number of rotatable bonds is 7. The van der Waals surface area contributed by atoms with Crippen LogP contribution in [0.25, 0.3) is 0 Å². The lowest BCUT2D eigenvalue weighted by Gasteiger charge is -2.18. The third-order valence-corrected chi connectivity index (χ3v) is 6.91. The van der Waals surface area contributed by atoms with E-state index in [2.05, 4.69) is 11.3 Å². The third kappa shape index (κ3) is 4.28. The molecular formula is C14H19ClN2O5S2. The first-order chi connectivity index (χ1) is 11.2. The van der Waals surface area contributed by atoms with Crippen LogP contribution in [0.2, 0.25) is 5.02 Å². The summed E-state index contributed by atoms with van der Waals surface area (Å²) in [7, 11) is -5.90. The van der Waals surface area contributed by atoms with Gasteiger partial charge in [-0.05, 0) is 30.5 Å². The number of benzene rings is 1. The Morgan fingerprint density at radius 2 is 2.12 bits per heavy atom. The molecule has 1 saturated heterocycles. The molecule has 0 radical (unpaired) electrons. The number of methoxy groups -OCH3 is 1. The summed E-state index contributed by atoms with van der Waals surface area (Å²) < 4.78 is 57.2. The van der Waals surface area contributed by atoms with Gasteiger partial charge in [0, 0.05) is 30.1 Å². The zero-order valence-electron chi connectivity index (χ0n) is 13.1. The van der Waals surface area contributed by atoms with Gasteiger partial charge in [-0.15, -0.1) is 0 Å². The average Bonchev–Trinajstić information content (AvgIpc) is 3.03. The van der Waals surface area contributed by atoms with Crippen LogP contribution in [0.1, 0.15) is 6.42 Å². The topological polar surface area (TPSA) is 92.8 Å². The van der Waals surface area contributed by atoms with Gasteiger partial charge >= 0.3 is 0 Å². The molecule has 1 aliphatic heterocycles. The standard InChI is InChI=1S/C14H19ClN2O5S2/c1-3-23(18,19)16-9-11-6-7-17(10-11)24(20,21)14-8-12(15)4-5-13(14)22-2/h3-5,8,11,16H,1,6-7,9-10H2,2H3. The minimum atomic E-state index is -3.77. The van der Waals surface area contributed by atoms with Gasteiger partial charge in [-0.2, -0.15) is 4.31 Å². The van der Waals surface area contributed by atoms with Gasteiger partial charge in [0.1, 0.15) is 10.6 Å². The van der Waals surface area contributed by atoms with E-state index in [1.165, 1.54) is 23.5 Å². The van der Waals surface area contributed by atoms with Crippen LogP contribution in [-0.2, 0) is 20.0 Å². The van der Waals surface area contributed by atoms with Gasteiger partial charge < -0.3 is 4.74 Å². The maximum Gasteiger partial charge on any atom is 0.246 e. The Morgan fingerprint density at radius 1 is 1.42 bits per heavy atom. The number of halogens is 1. The fraction of sp³-hybridized carbons (Fsp3) is 0.429. The Morgan fingerprint density at radius 3 is 2.75 bits per heavy atom. The summed E-state index contributed by atoms with van der Waals surface area (Å²) >= 11 is 5.91. The molecule has 1 aliphatic rings. The summed E-state index contributed by atoms with van der Waals surface area (Å²) in [4.78, 5) is 0.00447. The zero-order valence-corrected chi connectivity index (χ0v) is 15.5. The molecule has 0 spiro atoms. The number of nitrogens with zero attached hydrogens (tertiary/aromatic N) is 1. The van der Waals surface area contributed by atoms with Crippen molar-refractivity contribution in [3.05, 3.63) is 35.2 Å². The Kier molecular flexibility index (Phi) is 5.92. The SMILES string of the molecule is C=CS(=O)(=O)NCC1CCN(S(=O)(=O)c2cc(Cl)ccc2OC)C1. The van der Waals surface area contributed by atoms with Gasteiger partial charge in [-0.3, -0.25) is 0 Å². The highest BCUT2D eigenvalue weighted by atomic mass is 35.5. The van der Waals surface area contributed by atoms with E-state index < -0.39 is 20.0 Å². The fourth-order valence-corrected chi connectivity index (χ4v) is 5.00. The van der Waals surface area contributed by atoms with E-state index in [1.807, 2.05) is 0 Å². The van der Waals surface area contributed by atoms with Crippen molar-refractivity contribution in [2.75, 3.05) is 26.7 Å². The van der Waals surface area contributed by atoms with Crippen LogP contribution in [0.5, 0.6) is 5.75 Å². The van der Waals surface area contributed by atoms with Gasteiger partial charge in [0.2, 0.25) is 20.0 Å². The second-order valence-electron chi connectivity index (χ2n) is 5.37. The van der Waals surface area contributed by atoms with Crippen LogP contribution >= 0.6 is 11.6 Å². The smallest absolute Gasteiger partial charge is 0.246 e. The van der Waals surface area contributed by atoms with Crippen molar-refractivity contribution in [1.29, 1.82) is 0 Å². The van der Waals surface area contributed by atoms with E-state index in [-0.39, 0.29) is 29.7 Å². The molecule has 0 amide bonds. The summed E-state index contributed by atoms with van der Waals surface area (Å²) in [5, 5.41) is 1.12. The second kappa shape index (κ2) is 7.40. The van der Waals surface area contributed by atoms with E-state index in [4.69, 9.17) is 16.3 Å². The summed E-state index contributed by atoms with van der Waals surface area (Å²) in [6.07, 6.45) is 0.557. The quantitative estimate of drug-likeness (QED) is 0.755. The average molecular weight is 395 g/mol. The normalized spacial score (nSPS) is 19.3. The molecule has 134 valence electrons. The van der Waals surface area contributed by atoms with Crippen molar-refractivity contribution >= 4 is 31.6 Å². The predicted molar refractivity (Wildman–Crippen MR) is 92.0 cm³/mol. The lowest BCUT2D eigenvalue weighted by atomic mass is 10.1. The molecule has 24 heavy (non-hydrogen) atoms. The summed E-state index contributed by atoms with van der Waals surface area (Å²) in [6.45, 7) is 3.90. The maximum absolute atomic E-state index is 12.8. The first-order valence-corrected chi connectivity index (χ1v) is 10.5. The third-order valence-electron chi connectivity index (χ3n) is 3.78. The Bertz CT molecular complexity index is 824. The molecule has 2 rings (SSSR count). The molecule has 0 saturated carbocycles. The van der Waals surface area contributed by atoms with Crippen molar-refractivity contribution in [3.63, 3.8) is 0 Å². The number of ether oxygens (including phenoxy) is 1. The molecular weight excluding hydrogens is 376 g/mol. The van der Waals surface area contributed by atoms with Crippen LogP contribution in [0.4, 0.5) is 0 Å². The lowest BCUT2D eigenvalue weighted by molar-refractivity contribution is 0.397. The zero-order chi connectivity index (χ0) is 18.0. The van der Waals surface area contributed by atoms with Crippen molar-refractivity contribution in [3.8, 4) is 5.75 Å². The molecule has 0 bridgehead atoms. The molecule has 1 aromatic rings. The van der Waals surface area contributed by atoms with E-state index in [1.54, 1.807) is 6.07 Å². The van der Waals surface area contributed by atoms with Crippen LogP contribution in [0.15, 0.2) is 35.1 Å². The van der Waals surface area contributed by atoms with Gasteiger partial charge in [-0.1, -0.05) is 18.2 Å². The van der Waals surface area contributed by atoms with Crippen molar-refractivity contribution in [2.24, 2.45) is 5.92 Å². The van der Waals surface area contributed by atoms with Crippen molar-refractivity contribution < 1.29 is 21.6 Å². The van der Waals surface area contributed by atoms with E-state index in [9.17, 15) is 16.8 Å². The number of hydrogen-bond donors (Lipinski definition) is 1. The molecule has 1 unspecified atom stereocenters. The molecule has 10 heteroatoms. The molecule has 0 aliphatic carbocycles. The lowest BCUT2D eigenvalue weighted by Crippen LogP contribution is -2.32. The molecule has 7 nitrogen and oxygen atoms in total. The minimum Gasteiger partial charge on any atom is -0.495 e. The highest BCUT2D eigenvalue weighted by Gasteiger charge is 2.34. The molecule has 1 heterocycles. The molecule has 1 aromatic carbocycles. The van der Waals surface area contributed by atoms with Crippen LogP contribution < -0.4 is 9.46 Å². The number of hydrogen-bond acceptors (Lipinski definition) is 5. The van der Waals surface area contributed by atoms with Gasteiger partial charge in [-0.25, -0.2) is 21.6 Å². The van der Waals surface area contributed by atoms with Crippen LogP contribution in [0.3, 0.4) is 0 Å². The van der Waals surface area contributed by atoms with E-state index >= 15 is 0 Å². The number of nitrogens with one attached hydrogen (secondary N) is 1. The fourth-order valence-electron chi connectivity index (χ4n) is 2.47. The highest BCUT2D eigenvalue weighted by Crippen LogP contribution is 2.32. The molecule has 1 fully saturated rings. The summed E-state index contributed by atoms with van der Waals surface area (Å²) in [5.41, 5.74) is 0. The molecule has 1 atom stereocenters. The molecule has 0 aromatic heterocycles. The number of sulfonamides is 2. The second-order valence-corrected chi connectivity index (χ2v) is 9.43. The first-order valence-electron chi connectivity index (χ1n) is 7.15. The van der Waals surface area contributed by atoms with E-state index in [0.29, 0.717) is 18.0 Å². The van der Waals surface area contributed by atoms with Gasteiger partial charge in [0.05, 0.1) is 7.11 Å². The summed E-state index contributed by atoms with van der Waals surface area (Å²) in [6, 6.07) is 4.40. The largest absolute Gasteiger partial charge is 0.495 e.